The molecule has 1 saturated carbocycles. The molecule has 1 N–H and O–H groups in total. The van der Waals surface area contributed by atoms with Gasteiger partial charge in [-0.2, -0.15) is 0 Å². The fraction of sp³-hybridized carbons (Fsp3) is 0.600. The number of nitrogens with zero attached hydrogens (tertiary/aromatic N) is 4. The topological polar surface area (TPSA) is 88.8 Å². The number of aromatic nitrogens is 3. The molecule has 2 aliphatic rings. The van der Waals surface area contributed by atoms with Crippen LogP contribution in [0.2, 0.25) is 0 Å². The van der Waals surface area contributed by atoms with Crippen molar-refractivity contribution in [1.82, 2.24) is 24.6 Å². The molecule has 28 heavy (non-hydrogen) atoms. The highest BCUT2D eigenvalue weighted by Gasteiger charge is 2.61. The van der Waals surface area contributed by atoms with E-state index in [1.807, 2.05) is 45.1 Å². The predicted octanol–water partition coefficient (Wildman–Crippen LogP) is 2.19. The van der Waals surface area contributed by atoms with E-state index >= 15 is 0 Å². The van der Waals surface area contributed by atoms with Crippen LogP contribution in [0.3, 0.4) is 0 Å². The Morgan fingerprint density at radius 2 is 1.86 bits per heavy atom. The van der Waals surface area contributed by atoms with Gasteiger partial charge in [-0.05, 0) is 52.5 Å². The van der Waals surface area contributed by atoms with Gasteiger partial charge in [-0.3, -0.25) is 9.20 Å². The maximum absolute atomic E-state index is 12.9. The number of rotatable bonds is 3. The van der Waals surface area contributed by atoms with Crippen molar-refractivity contribution in [3.05, 3.63) is 30.6 Å². The van der Waals surface area contributed by atoms with Crippen molar-refractivity contribution in [3.63, 3.8) is 0 Å². The van der Waals surface area contributed by atoms with E-state index in [0.717, 1.165) is 11.3 Å². The number of carbonyl (C=O) groups is 2. The molecule has 2 fully saturated rings. The second kappa shape index (κ2) is 6.18. The molecule has 0 spiro atoms. The van der Waals surface area contributed by atoms with Crippen LogP contribution in [0.25, 0.3) is 5.52 Å². The largest absolute Gasteiger partial charge is 0.444 e. The monoisotopic (exact) mass is 385 g/mol. The van der Waals surface area contributed by atoms with Gasteiger partial charge in [-0.15, -0.1) is 0 Å². The van der Waals surface area contributed by atoms with E-state index in [1.54, 1.807) is 23.6 Å². The van der Waals surface area contributed by atoms with Gasteiger partial charge < -0.3 is 15.0 Å². The molecule has 2 unspecified atom stereocenters. The van der Waals surface area contributed by atoms with Crippen molar-refractivity contribution in [2.75, 3.05) is 13.1 Å². The highest BCUT2D eigenvalue weighted by molar-refractivity contribution is 5.84. The highest BCUT2D eigenvalue weighted by Crippen LogP contribution is 2.52. The summed E-state index contributed by atoms with van der Waals surface area (Å²) in [4.78, 5) is 35.4. The van der Waals surface area contributed by atoms with Crippen LogP contribution in [0.4, 0.5) is 4.79 Å². The fourth-order valence-corrected chi connectivity index (χ4v) is 4.14. The molecule has 1 aliphatic heterocycles. The van der Waals surface area contributed by atoms with Crippen LogP contribution < -0.4 is 5.32 Å². The molecule has 0 bridgehead atoms. The van der Waals surface area contributed by atoms with Crippen LogP contribution >= 0.6 is 0 Å². The number of likely N-dealkylation sites (tertiary alicyclic amines) is 1. The number of fused-ring (bicyclic) bond motifs is 2. The summed E-state index contributed by atoms with van der Waals surface area (Å²) in [5, 5.41) is 3.14. The molecule has 2 aromatic rings. The third-order valence-electron chi connectivity index (χ3n) is 5.48. The molecule has 3 heterocycles. The lowest BCUT2D eigenvalue weighted by Gasteiger charge is -2.27. The third-order valence-corrected chi connectivity index (χ3v) is 5.48. The predicted molar refractivity (Wildman–Crippen MR) is 102 cm³/mol. The molecule has 2 atom stereocenters. The van der Waals surface area contributed by atoms with Crippen LogP contribution in [0.5, 0.6) is 0 Å². The average Bonchev–Trinajstić information content (AvgIpc) is 2.96. The summed E-state index contributed by atoms with van der Waals surface area (Å²) in [6.07, 6.45) is 4.90. The molecule has 4 rings (SSSR count). The van der Waals surface area contributed by atoms with Gasteiger partial charge in [0.25, 0.3) is 0 Å². The van der Waals surface area contributed by atoms with Crippen molar-refractivity contribution < 1.29 is 14.3 Å². The van der Waals surface area contributed by atoms with Crippen LogP contribution in [-0.4, -0.2) is 50.0 Å². The summed E-state index contributed by atoms with van der Waals surface area (Å²) in [5.74, 6) is 1.13. The van der Waals surface area contributed by atoms with Gasteiger partial charge >= 0.3 is 6.09 Å². The van der Waals surface area contributed by atoms with E-state index in [-0.39, 0.29) is 29.8 Å². The quantitative estimate of drug-likeness (QED) is 0.875. The van der Waals surface area contributed by atoms with Crippen molar-refractivity contribution in [1.29, 1.82) is 0 Å². The van der Waals surface area contributed by atoms with Gasteiger partial charge in [0.15, 0.2) is 0 Å². The SMILES string of the molecule is CC(C)(C)OC(=O)N1CC2C(C1)C2C(=O)NC(C)(C)c1ncc2ccncn12. The molecule has 0 aromatic carbocycles. The summed E-state index contributed by atoms with van der Waals surface area (Å²) < 4.78 is 7.31. The summed E-state index contributed by atoms with van der Waals surface area (Å²) >= 11 is 0. The lowest BCUT2D eigenvalue weighted by molar-refractivity contribution is -0.125. The first-order valence-electron chi connectivity index (χ1n) is 9.64. The minimum Gasteiger partial charge on any atom is -0.444 e. The first kappa shape index (κ1) is 18.7. The Balaban J connectivity index is 1.38. The van der Waals surface area contributed by atoms with Crippen molar-refractivity contribution in [3.8, 4) is 0 Å². The first-order valence-corrected chi connectivity index (χ1v) is 9.64. The zero-order valence-electron chi connectivity index (χ0n) is 17.0. The average molecular weight is 385 g/mol. The minimum absolute atomic E-state index is 0.0180. The maximum atomic E-state index is 12.9. The lowest BCUT2D eigenvalue weighted by atomic mass is 10.0. The molecular formula is C20H27N5O3. The number of hydrogen-bond donors (Lipinski definition) is 1. The molecule has 2 amide bonds. The normalized spacial score (nSPS) is 24.2. The molecule has 8 nitrogen and oxygen atoms in total. The number of hydrogen-bond acceptors (Lipinski definition) is 5. The Morgan fingerprint density at radius 1 is 1.18 bits per heavy atom. The molecule has 150 valence electrons. The van der Waals surface area contributed by atoms with Crippen molar-refractivity contribution in [2.45, 2.75) is 45.8 Å². The maximum Gasteiger partial charge on any atom is 0.410 e. The number of ether oxygens (including phenoxy) is 1. The number of carbonyl (C=O) groups excluding carboxylic acids is 2. The Bertz CT molecular complexity index is 917. The van der Waals surface area contributed by atoms with E-state index in [4.69, 9.17) is 4.74 Å². The van der Waals surface area contributed by atoms with Gasteiger partial charge in [-0.25, -0.2) is 14.8 Å². The number of amides is 2. The number of piperidine rings is 1. The molecule has 8 heteroatoms. The van der Waals surface area contributed by atoms with Crippen molar-refractivity contribution in [2.24, 2.45) is 17.8 Å². The molecule has 1 saturated heterocycles. The standard InChI is InChI=1S/C20H27N5O3/c1-19(2,3)28-18(27)24-9-13-14(10-24)15(13)16(26)23-20(4,5)17-22-8-12-6-7-21-11-25(12)17/h6-8,11,13-15H,9-10H2,1-5H3,(H,23,26). The van der Waals surface area contributed by atoms with E-state index in [0.29, 0.717) is 13.1 Å². The van der Waals surface area contributed by atoms with E-state index in [9.17, 15) is 9.59 Å². The zero-order chi connectivity index (χ0) is 20.3. The van der Waals surface area contributed by atoms with Gasteiger partial charge in [0, 0.05) is 25.2 Å². The first-order chi connectivity index (χ1) is 13.1. The summed E-state index contributed by atoms with van der Waals surface area (Å²) in [5.41, 5.74) is -0.204. The summed E-state index contributed by atoms with van der Waals surface area (Å²) in [6.45, 7) is 10.6. The zero-order valence-corrected chi connectivity index (χ0v) is 17.0. The molecule has 2 aromatic heterocycles. The highest BCUT2D eigenvalue weighted by atomic mass is 16.6. The summed E-state index contributed by atoms with van der Waals surface area (Å²) in [6, 6.07) is 1.88. The number of imidazole rings is 1. The van der Waals surface area contributed by atoms with E-state index in [1.165, 1.54) is 0 Å². The van der Waals surface area contributed by atoms with E-state index in [2.05, 4.69) is 15.3 Å². The minimum atomic E-state index is -0.631. The Labute approximate surface area is 164 Å². The third kappa shape index (κ3) is 3.31. The van der Waals surface area contributed by atoms with Crippen LogP contribution in [-0.2, 0) is 15.1 Å². The Hall–Kier alpha value is -2.64. The second-order valence-electron chi connectivity index (χ2n) is 9.31. The number of nitrogens with one attached hydrogen (secondary N) is 1. The van der Waals surface area contributed by atoms with Gasteiger partial charge in [0.1, 0.15) is 17.8 Å². The van der Waals surface area contributed by atoms with Crippen LogP contribution in [0.15, 0.2) is 24.8 Å². The molecular weight excluding hydrogens is 358 g/mol. The van der Waals surface area contributed by atoms with Crippen LogP contribution in [0.1, 0.15) is 40.4 Å². The second-order valence-corrected chi connectivity index (χ2v) is 9.31. The van der Waals surface area contributed by atoms with Gasteiger partial charge in [0.05, 0.1) is 17.3 Å². The smallest absolute Gasteiger partial charge is 0.410 e. The van der Waals surface area contributed by atoms with Crippen LogP contribution in [0, 0.1) is 17.8 Å². The lowest BCUT2D eigenvalue weighted by Crippen LogP contribution is -2.45. The van der Waals surface area contributed by atoms with E-state index < -0.39 is 11.1 Å². The van der Waals surface area contributed by atoms with Gasteiger partial charge in [0.2, 0.25) is 5.91 Å². The fourth-order valence-electron chi connectivity index (χ4n) is 4.14. The molecule has 0 radical (unpaired) electrons. The summed E-state index contributed by atoms with van der Waals surface area (Å²) in [7, 11) is 0. The van der Waals surface area contributed by atoms with Gasteiger partial charge in [-0.1, -0.05) is 0 Å². The Kier molecular flexibility index (Phi) is 4.13. The molecule has 1 aliphatic carbocycles. The Morgan fingerprint density at radius 3 is 2.50 bits per heavy atom. The van der Waals surface area contributed by atoms with Crippen molar-refractivity contribution >= 4 is 17.5 Å².